The van der Waals surface area contributed by atoms with Crippen LogP contribution >= 0.6 is 0 Å². The van der Waals surface area contributed by atoms with Gasteiger partial charge in [0.15, 0.2) is 0 Å². The number of likely N-dealkylation sites (N-methyl/N-ethyl adjacent to an activating group) is 1. The Morgan fingerprint density at radius 1 is 1.30 bits per heavy atom. The molecule has 2 aromatic heterocycles. The van der Waals surface area contributed by atoms with Gasteiger partial charge in [0.2, 0.25) is 0 Å². The van der Waals surface area contributed by atoms with Crippen molar-refractivity contribution < 1.29 is 0 Å². The lowest BCUT2D eigenvalue weighted by molar-refractivity contribution is 0.591. The molecule has 2 aromatic rings. The predicted molar refractivity (Wildman–Crippen MR) is 82.9 cm³/mol. The van der Waals surface area contributed by atoms with E-state index in [1.165, 1.54) is 5.56 Å². The Labute approximate surface area is 120 Å². The molecule has 20 heavy (non-hydrogen) atoms. The van der Waals surface area contributed by atoms with Crippen molar-refractivity contribution in [3.63, 3.8) is 0 Å². The topological polar surface area (TPSA) is 60.0 Å². The highest BCUT2D eigenvalue weighted by molar-refractivity contribution is 5.65. The van der Waals surface area contributed by atoms with E-state index in [0.717, 1.165) is 43.1 Å². The molecular weight excluding hydrogens is 250 g/mol. The van der Waals surface area contributed by atoms with Crippen molar-refractivity contribution >= 4 is 11.5 Å². The van der Waals surface area contributed by atoms with Gasteiger partial charge < -0.3 is 10.6 Å². The fourth-order valence-electron chi connectivity index (χ4n) is 2.31. The molecule has 0 aliphatic rings. The third-order valence-electron chi connectivity index (χ3n) is 3.43. The van der Waals surface area contributed by atoms with Crippen LogP contribution in [0, 0.1) is 6.92 Å². The zero-order valence-corrected chi connectivity index (χ0v) is 12.5. The molecule has 0 atom stereocenters. The Morgan fingerprint density at radius 3 is 2.65 bits per heavy atom. The Bertz CT molecular complexity index is 547. The van der Waals surface area contributed by atoms with Crippen molar-refractivity contribution in [2.45, 2.75) is 33.2 Å². The summed E-state index contributed by atoms with van der Waals surface area (Å²) in [6.07, 6.45) is 5.67. The van der Waals surface area contributed by atoms with Gasteiger partial charge >= 0.3 is 0 Å². The number of rotatable bonds is 6. The zero-order valence-electron chi connectivity index (χ0n) is 12.5. The SMILES string of the molecule is CCCn1nc(C)c(N)c1N(C)CCc1ccncc1. The van der Waals surface area contributed by atoms with Gasteiger partial charge in [-0.05, 0) is 37.5 Å². The number of nitrogens with two attached hydrogens (primary N) is 1. The van der Waals surface area contributed by atoms with Gasteiger partial charge in [-0.3, -0.25) is 4.98 Å². The summed E-state index contributed by atoms with van der Waals surface area (Å²) >= 11 is 0. The van der Waals surface area contributed by atoms with E-state index in [1.807, 2.05) is 36.1 Å². The van der Waals surface area contributed by atoms with Crippen LogP contribution in [0.4, 0.5) is 11.5 Å². The maximum absolute atomic E-state index is 6.17. The summed E-state index contributed by atoms with van der Waals surface area (Å²) in [5.41, 5.74) is 9.14. The highest BCUT2D eigenvalue weighted by Crippen LogP contribution is 2.25. The molecule has 0 aromatic carbocycles. The van der Waals surface area contributed by atoms with Gasteiger partial charge in [-0.15, -0.1) is 0 Å². The lowest BCUT2D eigenvalue weighted by Crippen LogP contribution is -2.24. The molecule has 2 heterocycles. The molecule has 5 heteroatoms. The number of pyridine rings is 1. The Morgan fingerprint density at radius 2 is 2.00 bits per heavy atom. The number of hydrogen-bond donors (Lipinski definition) is 1. The standard InChI is InChI=1S/C15H23N5/c1-4-10-20-15(14(16)12(2)18-20)19(3)11-7-13-5-8-17-9-6-13/h5-6,8-9H,4,7,10-11,16H2,1-3H3. The quantitative estimate of drug-likeness (QED) is 0.877. The molecule has 108 valence electrons. The van der Waals surface area contributed by atoms with E-state index in [2.05, 4.69) is 29.0 Å². The monoisotopic (exact) mass is 273 g/mol. The largest absolute Gasteiger partial charge is 0.394 e. The molecule has 0 spiro atoms. The van der Waals surface area contributed by atoms with Crippen LogP contribution in [0.2, 0.25) is 0 Å². The summed E-state index contributed by atoms with van der Waals surface area (Å²) in [7, 11) is 2.07. The Balaban J connectivity index is 2.10. The van der Waals surface area contributed by atoms with Gasteiger partial charge in [-0.2, -0.15) is 5.10 Å². The van der Waals surface area contributed by atoms with Crippen LogP contribution in [0.3, 0.4) is 0 Å². The summed E-state index contributed by atoms with van der Waals surface area (Å²) in [6, 6.07) is 4.09. The van der Waals surface area contributed by atoms with E-state index < -0.39 is 0 Å². The molecule has 0 saturated carbocycles. The van der Waals surface area contributed by atoms with E-state index in [1.54, 1.807) is 0 Å². The van der Waals surface area contributed by atoms with Gasteiger partial charge in [-0.25, -0.2) is 4.68 Å². The second-order valence-corrected chi connectivity index (χ2v) is 5.07. The number of anilines is 2. The maximum Gasteiger partial charge on any atom is 0.150 e. The van der Waals surface area contributed by atoms with E-state index >= 15 is 0 Å². The maximum atomic E-state index is 6.17. The van der Waals surface area contributed by atoms with Crippen LogP contribution in [0.1, 0.15) is 24.6 Å². The van der Waals surface area contributed by atoms with Crippen LogP contribution in [-0.2, 0) is 13.0 Å². The van der Waals surface area contributed by atoms with Crippen molar-refractivity contribution in [1.29, 1.82) is 0 Å². The first kappa shape index (κ1) is 14.4. The van der Waals surface area contributed by atoms with Crippen molar-refractivity contribution in [1.82, 2.24) is 14.8 Å². The highest BCUT2D eigenvalue weighted by Gasteiger charge is 2.15. The number of aryl methyl sites for hydroxylation is 2. The Kier molecular flexibility index (Phi) is 4.61. The minimum atomic E-state index is 0.788. The third kappa shape index (κ3) is 3.10. The number of nitrogen functional groups attached to an aromatic ring is 1. The molecule has 2 N–H and O–H groups in total. The van der Waals surface area contributed by atoms with Crippen LogP contribution in [-0.4, -0.2) is 28.4 Å². The van der Waals surface area contributed by atoms with Gasteiger partial charge in [0.25, 0.3) is 0 Å². The molecule has 0 unspecified atom stereocenters. The summed E-state index contributed by atoms with van der Waals surface area (Å²) in [5, 5.41) is 4.52. The molecule has 0 bridgehead atoms. The number of nitrogens with zero attached hydrogens (tertiary/aromatic N) is 4. The Hall–Kier alpha value is -2.04. The number of aromatic nitrogens is 3. The van der Waals surface area contributed by atoms with Crippen molar-refractivity contribution in [3.8, 4) is 0 Å². The average Bonchev–Trinajstić information content (AvgIpc) is 2.73. The smallest absolute Gasteiger partial charge is 0.150 e. The molecule has 0 saturated heterocycles. The average molecular weight is 273 g/mol. The lowest BCUT2D eigenvalue weighted by Gasteiger charge is -2.21. The fourth-order valence-corrected chi connectivity index (χ4v) is 2.31. The molecule has 0 radical (unpaired) electrons. The van der Waals surface area contributed by atoms with Gasteiger partial charge in [-0.1, -0.05) is 6.92 Å². The highest BCUT2D eigenvalue weighted by atomic mass is 15.4. The van der Waals surface area contributed by atoms with Gasteiger partial charge in [0, 0.05) is 32.5 Å². The van der Waals surface area contributed by atoms with Crippen molar-refractivity contribution in [2.24, 2.45) is 0 Å². The number of hydrogen-bond acceptors (Lipinski definition) is 4. The van der Waals surface area contributed by atoms with Crippen LogP contribution < -0.4 is 10.6 Å². The minimum absolute atomic E-state index is 0.788. The second-order valence-electron chi connectivity index (χ2n) is 5.07. The van der Waals surface area contributed by atoms with Crippen LogP contribution in [0.5, 0.6) is 0 Å². The summed E-state index contributed by atoms with van der Waals surface area (Å²) in [5.74, 6) is 1.03. The van der Waals surface area contributed by atoms with Crippen LogP contribution in [0.15, 0.2) is 24.5 Å². The first-order valence-corrected chi connectivity index (χ1v) is 7.06. The summed E-state index contributed by atoms with van der Waals surface area (Å²) < 4.78 is 2.01. The molecule has 0 aliphatic carbocycles. The molecule has 0 amide bonds. The molecule has 0 aliphatic heterocycles. The van der Waals surface area contributed by atoms with E-state index in [-0.39, 0.29) is 0 Å². The molecule has 5 nitrogen and oxygen atoms in total. The van der Waals surface area contributed by atoms with E-state index in [4.69, 9.17) is 5.73 Å². The normalized spacial score (nSPS) is 10.8. The van der Waals surface area contributed by atoms with E-state index in [9.17, 15) is 0 Å². The first-order valence-electron chi connectivity index (χ1n) is 7.06. The van der Waals surface area contributed by atoms with Gasteiger partial charge in [0.1, 0.15) is 5.82 Å². The summed E-state index contributed by atoms with van der Waals surface area (Å²) in [6.45, 7) is 5.91. The zero-order chi connectivity index (χ0) is 14.5. The molecular formula is C15H23N5. The van der Waals surface area contributed by atoms with Gasteiger partial charge in [0.05, 0.1) is 11.4 Å². The van der Waals surface area contributed by atoms with Crippen molar-refractivity contribution in [3.05, 3.63) is 35.8 Å². The molecule has 2 rings (SSSR count). The van der Waals surface area contributed by atoms with Crippen LogP contribution in [0.25, 0.3) is 0 Å². The first-order chi connectivity index (χ1) is 9.63. The predicted octanol–water partition coefficient (Wildman–Crippen LogP) is 2.26. The lowest BCUT2D eigenvalue weighted by atomic mass is 10.2. The van der Waals surface area contributed by atoms with E-state index in [0.29, 0.717) is 0 Å². The summed E-state index contributed by atoms with van der Waals surface area (Å²) in [4.78, 5) is 6.22. The van der Waals surface area contributed by atoms with Crippen molar-refractivity contribution in [2.75, 3.05) is 24.2 Å². The second kappa shape index (κ2) is 6.41. The minimum Gasteiger partial charge on any atom is -0.394 e. The third-order valence-corrected chi connectivity index (χ3v) is 3.43. The molecule has 0 fully saturated rings. The fraction of sp³-hybridized carbons (Fsp3) is 0.467.